The summed E-state index contributed by atoms with van der Waals surface area (Å²) < 4.78 is 62.5. The second kappa shape index (κ2) is 11.0. The number of alkyl halides is 3. The largest absolute Gasteiger partial charge is 0.573 e. The van der Waals surface area contributed by atoms with Crippen molar-refractivity contribution in [1.29, 1.82) is 0 Å². The molecule has 3 fully saturated rings. The Morgan fingerprint density at radius 2 is 1.82 bits per heavy atom. The van der Waals surface area contributed by atoms with E-state index in [9.17, 15) is 18.0 Å². The monoisotopic (exact) mass is 575 g/mol. The molecule has 2 aliphatic heterocycles. The smallest absolute Gasteiger partial charge is 0.406 e. The maximum absolute atomic E-state index is 15.3. The molecule has 11 heteroatoms. The zero-order valence-electron chi connectivity index (χ0n) is 21.6. The van der Waals surface area contributed by atoms with Crippen molar-refractivity contribution in [2.45, 2.75) is 12.9 Å². The first-order chi connectivity index (χ1) is 19.2. The molecule has 212 valence electrons. The zero-order chi connectivity index (χ0) is 27.9. The van der Waals surface area contributed by atoms with E-state index in [1.807, 2.05) is 22.4 Å². The minimum absolute atomic E-state index is 0.142. The van der Waals surface area contributed by atoms with Crippen molar-refractivity contribution in [3.05, 3.63) is 76.2 Å². The van der Waals surface area contributed by atoms with Crippen LogP contribution in [0.4, 0.5) is 28.9 Å². The Hall–Kier alpha value is -3.15. The molecular weight excluding hydrogens is 546 g/mol. The Bertz CT molecular complexity index is 1330. The summed E-state index contributed by atoms with van der Waals surface area (Å²) in [5, 5.41) is 1.85. The van der Waals surface area contributed by atoms with Crippen molar-refractivity contribution in [3.8, 4) is 5.75 Å². The van der Waals surface area contributed by atoms with E-state index in [1.165, 1.54) is 29.5 Å². The van der Waals surface area contributed by atoms with Crippen LogP contribution in [-0.4, -0.2) is 63.1 Å². The number of thiophene rings is 1. The molecule has 3 heterocycles. The Morgan fingerprint density at radius 1 is 1.05 bits per heavy atom. The van der Waals surface area contributed by atoms with Gasteiger partial charge in [0.15, 0.2) is 0 Å². The van der Waals surface area contributed by atoms with Gasteiger partial charge in [-0.25, -0.2) is 4.39 Å². The number of ether oxygens (including phenoxy) is 2. The minimum Gasteiger partial charge on any atom is -0.406 e. The molecule has 6 rings (SSSR count). The molecular formula is C29H29F4N3O3S. The van der Waals surface area contributed by atoms with Crippen molar-refractivity contribution < 1.29 is 31.8 Å². The summed E-state index contributed by atoms with van der Waals surface area (Å²) in [5.74, 6) is 0.319. The Kier molecular flexibility index (Phi) is 7.45. The van der Waals surface area contributed by atoms with Crippen LogP contribution in [0.25, 0.3) is 0 Å². The molecule has 6 nitrogen and oxygen atoms in total. The summed E-state index contributed by atoms with van der Waals surface area (Å²) in [6, 6.07) is 14.7. The topological polar surface area (TPSA) is 45.2 Å². The van der Waals surface area contributed by atoms with E-state index in [2.05, 4.69) is 9.64 Å². The van der Waals surface area contributed by atoms with Gasteiger partial charge in [-0.15, -0.1) is 24.5 Å². The third kappa shape index (κ3) is 5.96. The highest BCUT2D eigenvalue weighted by Gasteiger charge is 2.56. The van der Waals surface area contributed by atoms with Crippen molar-refractivity contribution in [2.75, 3.05) is 55.7 Å². The lowest BCUT2D eigenvalue weighted by atomic mass is 10.1. The highest BCUT2D eigenvalue weighted by Crippen LogP contribution is 2.52. The van der Waals surface area contributed by atoms with Gasteiger partial charge in [-0.2, -0.15) is 0 Å². The van der Waals surface area contributed by atoms with Crippen LogP contribution in [0.5, 0.6) is 5.75 Å². The lowest BCUT2D eigenvalue weighted by molar-refractivity contribution is -0.274. The van der Waals surface area contributed by atoms with Crippen molar-refractivity contribution in [1.82, 2.24) is 4.90 Å². The van der Waals surface area contributed by atoms with Crippen LogP contribution < -0.4 is 14.5 Å². The van der Waals surface area contributed by atoms with Crippen molar-refractivity contribution >= 4 is 28.6 Å². The quantitative estimate of drug-likeness (QED) is 0.325. The van der Waals surface area contributed by atoms with E-state index in [0.29, 0.717) is 67.5 Å². The first-order valence-electron chi connectivity index (χ1n) is 13.3. The number of anilines is 2. The van der Waals surface area contributed by atoms with Crippen molar-refractivity contribution in [3.63, 3.8) is 0 Å². The molecule has 1 aromatic heterocycles. The summed E-state index contributed by atoms with van der Waals surface area (Å²) in [5.41, 5.74) is 1.81. The van der Waals surface area contributed by atoms with Crippen LogP contribution in [-0.2, 0) is 11.3 Å². The van der Waals surface area contributed by atoms with E-state index in [-0.39, 0.29) is 23.4 Å². The molecule has 0 spiro atoms. The van der Waals surface area contributed by atoms with Gasteiger partial charge in [0.2, 0.25) is 0 Å². The number of halogens is 4. The summed E-state index contributed by atoms with van der Waals surface area (Å²) >= 11 is 1.36. The number of hydrogen-bond acceptors (Lipinski definition) is 6. The second-order valence-electron chi connectivity index (χ2n) is 10.5. The molecule has 0 N–H and O–H groups in total. The maximum atomic E-state index is 15.3. The van der Waals surface area contributed by atoms with Gasteiger partial charge in [-0.05, 0) is 65.1 Å². The van der Waals surface area contributed by atoms with Gasteiger partial charge in [0.25, 0.3) is 5.91 Å². The normalized spacial score (nSPS) is 22.7. The number of carbonyl (C=O) groups is 1. The minimum atomic E-state index is -4.72. The van der Waals surface area contributed by atoms with Gasteiger partial charge in [-0.1, -0.05) is 18.2 Å². The molecule has 2 aromatic carbocycles. The number of morpholine rings is 1. The van der Waals surface area contributed by atoms with Gasteiger partial charge in [-0.3, -0.25) is 9.69 Å². The predicted molar refractivity (Wildman–Crippen MR) is 144 cm³/mol. The predicted octanol–water partition coefficient (Wildman–Crippen LogP) is 5.65. The number of nitrogens with zero attached hydrogens (tertiary/aromatic N) is 3. The molecule has 0 radical (unpaired) electrons. The van der Waals surface area contributed by atoms with Gasteiger partial charge < -0.3 is 19.3 Å². The molecule has 3 aliphatic rings. The fourth-order valence-corrected chi connectivity index (χ4v) is 6.68. The van der Waals surface area contributed by atoms with Gasteiger partial charge in [0.05, 0.1) is 23.8 Å². The third-order valence-electron chi connectivity index (χ3n) is 7.95. The standard InChI is InChI=1S/C29H29F4N3O3S/c30-25-14-20(6-7-26(25)35-8-10-38-11-9-35)36(28(37)27-5-2-12-40-27)18-24-22-16-34(17-23(22)24)15-19-3-1-4-21(13-19)39-29(31,32)33/h1-7,12-14,22-24H,8-11,15-18H2. The molecule has 1 amide bonds. The van der Waals surface area contributed by atoms with Crippen LogP contribution in [0.1, 0.15) is 15.2 Å². The molecule has 1 aliphatic carbocycles. The second-order valence-corrected chi connectivity index (χ2v) is 11.5. The SMILES string of the molecule is O=C(c1cccs1)N(CC1C2CN(Cc3cccc(OC(F)(F)F)c3)CC21)c1ccc(N2CCOCC2)c(F)c1. The average Bonchev–Trinajstić information content (AvgIpc) is 3.29. The maximum Gasteiger partial charge on any atom is 0.573 e. The highest BCUT2D eigenvalue weighted by molar-refractivity contribution is 7.12. The number of amides is 1. The van der Waals surface area contributed by atoms with E-state index in [4.69, 9.17) is 4.74 Å². The zero-order valence-corrected chi connectivity index (χ0v) is 22.5. The van der Waals surface area contributed by atoms with Gasteiger partial charge >= 0.3 is 6.36 Å². The number of piperidine rings is 1. The Morgan fingerprint density at radius 3 is 2.50 bits per heavy atom. The van der Waals surface area contributed by atoms with E-state index >= 15 is 4.39 Å². The summed E-state index contributed by atoms with van der Waals surface area (Å²) in [7, 11) is 0. The Balaban J connectivity index is 1.12. The molecule has 2 saturated heterocycles. The number of fused-ring (bicyclic) bond motifs is 1. The molecule has 0 bridgehead atoms. The number of carbonyl (C=O) groups excluding carboxylic acids is 1. The number of likely N-dealkylation sites (tertiary alicyclic amines) is 1. The molecule has 2 atom stereocenters. The van der Waals surface area contributed by atoms with Gasteiger partial charge in [0, 0.05) is 45.0 Å². The number of rotatable bonds is 8. The highest BCUT2D eigenvalue weighted by atomic mass is 32.1. The molecule has 40 heavy (non-hydrogen) atoms. The number of hydrogen-bond donors (Lipinski definition) is 0. The molecule has 2 unspecified atom stereocenters. The lowest BCUT2D eigenvalue weighted by Gasteiger charge is -2.30. The van der Waals surface area contributed by atoms with Crippen LogP contribution in [0.15, 0.2) is 60.0 Å². The van der Waals surface area contributed by atoms with E-state index in [1.54, 1.807) is 29.2 Å². The van der Waals surface area contributed by atoms with Crippen molar-refractivity contribution in [2.24, 2.45) is 17.8 Å². The third-order valence-corrected chi connectivity index (χ3v) is 8.81. The fourth-order valence-electron chi connectivity index (χ4n) is 6.01. The van der Waals surface area contributed by atoms with E-state index in [0.717, 1.165) is 18.7 Å². The summed E-state index contributed by atoms with van der Waals surface area (Å²) in [4.78, 5) is 20.0. The summed E-state index contributed by atoms with van der Waals surface area (Å²) in [6.07, 6.45) is -4.72. The van der Waals surface area contributed by atoms with E-state index < -0.39 is 6.36 Å². The molecule has 3 aromatic rings. The van der Waals surface area contributed by atoms with Crippen LogP contribution >= 0.6 is 11.3 Å². The Labute approximate surface area is 233 Å². The molecule has 1 saturated carbocycles. The summed E-state index contributed by atoms with van der Waals surface area (Å²) in [6.45, 7) is 4.96. The first kappa shape index (κ1) is 27.0. The van der Waals surface area contributed by atoms with Gasteiger partial charge in [0.1, 0.15) is 11.6 Å². The lowest BCUT2D eigenvalue weighted by Crippen LogP contribution is -2.37. The average molecular weight is 576 g/mol. The number of benzene rings is 2. The van der Waals surface area contributed by atoms with Crippen LogP contribution in [0.2, 0.25) is 0 Å². The first-order valence-corrected chi connectivity index (χ1v) is 14.2. The fraction of sp³-hybridized carbons (Fsp3) is 0.414. The van der Waals surface area contributed by atoms with Crippen LogP contribution in [0.3, 0.4) is 0 Å². The van der Waals surface area contributed by atoms with Crippen LogP contribution in [0, 0.1) is 23.6 Å².